The number of aryl methyl sites for hydroxylation is 1. The summed E-state index contributed by atoms with van der Waals surface area (Å²) in [6.07, 6.45) is 2.69. The number of aromatic nitrogens is 3. The minimum atomic E-state index is -1.63. The molecule has 0 aromatic carbocycles. The summed E-state index contributed by atoms with van der Waals surface area (Å²) in [5.41, 5.74) is 1.06. The van der Waals surface area contributed by atoms with Crippen molar-refractivity contribution in [1.82, 2.24) is 19.9 Å². The van der Waals surface area contributed by atoms with Crippen LogP contribution in [0.25, 0.3) is 0 Å². The van der Waals surface area contributed by atoms with Gasteiger partial charge in [-0.05, 0) is 46.1 Å². The number of rotatable bonds is 12. The van der Waals surface area contributed by atoms with Gasteiger partial charge in [0.15, 0.2) is 11.4 Å². The van der Waals surface area contributed by atoms with E-state index in [0.29, 0.717) is 18.2 Å². The van der Waals surface area contributed by atoms with Crippen LogP contribution in [0.4, 0.5) is 11.6 Å². The van der Waals surface area contributed by atoms with E-state index in [-0.39, 0.29) is 29.2 Å². The number of furan rings is 1. The predicted octanol–water partition coefficient (Wildman–Crippen LogP) is 3.74. The zero-order valence-electron chi connectivity index (χ0n) is 22.8. The number of nitrogens with one attached hydrogen (secondary N) is 2. The van der Waals surface area contributed by atoms with Gasteiger partial charge < -0.3 is 34.2 Å². The molecular formula is C25H36N6O5Si. The Kier molecular flexibility index (Phi) is 9.11. The van der Waals surface area contributed by atoms with Gasteiger partial charge in [0.25, 0.3) is 11.9 Å². The maximum absolute atomic E-state index is 13.0. The first kappa shape index (κ1) is 27.9. The first-order valence-electron chi connectivity index (χ1n) is 12.0. The van der Waals surface area contributed by atoms with Crippen LogP contribution >= 0.6 is 0 Å². The van der Waals surface area contributed by atoms with E-state index in [1.54, 1.807) is 12.3 Å². The van der Waals surface area contributed by atoms with E-state index in [0.717, 1.165) is 23.8 Å². The lowest BCUT2D eigenvalue weighted by Gasteiger charge is -2.17. The van der Waals surface area contributed by atoms with Crippen molar-refractivity contribution in [3.63, 3.8) is 0 Å². The van der Waals surface area contributed by atoms with Crippen molar-refractivity contribution in [2.45, 2.75) is 33.0 Å². The summed E-state index contributed by atoms with van der Waals surface area (Å²) in [4.78, 5) is 28.3. The largest absolute Gasteiger partial charge is 0.479 e. The number of hydrogen-bond acceptors (Lipinski definition) is 10. The Morgan fingerprint density at radius 2 is 1.78 bits per heavy atom. The number of amides is 1. The van der Waals surface area contributed by atoms with E-state index in [1.807, 2.05) is 27.1 Å². The summed E-state index contributed by atoms with van der Waals surface area (Å²) in [5, 5.41) is 6.89. The average Bonchev–Trinajstić information content (AvgIpc) is 3.31. The van der Waals surface area contributed by atoms with E-state index >= 15 is 0 Å². The van der Waals surface area contributed by atoms with Crippen LogP contribution < -0.4 is 30.2 Å². The molecule has 3 rings (SSSR count). The molecule has 0 saturated carbocycles. The maximum Gasteiger partial charge on any atom is 0.291 e. The SMILES string of the molecule is COc1nc(NCCCN(C)C)nc(OC)c1NC(=O)c1ccc(Oc2cc([Si](C)(C)C)ncc2C)o1. The van der Waals surface area contributed by atoms with E-state index in [4.69, 9.17) is 18.6 Å². The van der Waals surface area contributed by atoms with Crippen molar-refractivity contribution in [1.29, 1.82) is 0 Å². The molecule has 0 bridgehead atoms. The Morgan fingerprint density at radius 3 is 2.38 bits per heavy atom. The van der Waals surface area contributed by atoms with Crippen LogP contribution in [0.3, 0.4) is 0 Å². The van der Waals surface area contributed by atoms with Crippen molar-refractivity contribution < 1.29 is 23.4 Å². The van der Waals surface area contributed by atoms with Gasteiger partial charge in [-0.3, -0.25) is 9.78 Å². The van der Waals surface area contributed by atoms with Crippen molar-refractivity contribution >= 4 is 30.9 Å². The lowest BCUT2D eigenvalue weighted by atomic mass is 10.3. The minimum absolute atomic E-state index is 0.0436. The fourth-order valence-electron chi connectivity index (χ4n) is 3.30. The summed E-state index contributed by atoms with van der Waals surface area (Å²) in [6, 6.07) is 5.06. The quantitative estimate of drug-likeness (QED) is 0.265. The molecule has 2 N–H and O–H groups in total. The summed E-state index contributed by atoms with van der Waals surface area (Å²) >= 11 is 0. The molecule has 3 heterocycles. The van der Waals surface area contributed by atoms with Gasteiger partial charge in [0.05, 0.1) is 14.2 Å². The topological polar surface area (TPSA) is 124 Å². The summed E-state index contributed by atoms with van der Waals surface area (Å²) in [5.74, 6) is 0.990. The van der Waals surface area contributed by atoms with Crippen molar-refractivity contribution in [3.05, 3.63) is 35.7 Å². The zero-order valence-corrected chi connectivity index (χ0v) is 23.8. The molecule has 200 valence electrons. The van der Waals surface area contributed by atoms with Gasteiger partial charge >= 0.3 is 0 Å². The van der Waals surface area contributed by atoms with Crippen LogP contribution in [0, 0.1) is 6.92 Å². The first-order chi connectivity index (χ1) is 17.5. The Balaban J connectivity index is 1.74. The molecule has 0 unspecified atom stereocenters. The monoisotopic (exact) mass is 528 g/mol. The molecule has 0 aliphatic heterocycles. The molecule has 0 aliphatic rings. The summed E-state index contributed by atoms with van der Waals surface area (Å²) in [7, 11) is 5.31. The molecule has 0 fully saturated rings. The molecule has 0 aliphatic carbocycles. The second-order valence-electron chi connectivity index (χ2n) is 9.78. The first-order valence-corrected chi connectivity index (χ1v) is 15.5. The predicted molar refractivity (Wildman–Crippen MR) is 145 cm³/mol. The van der Waals surface area contributed by atoms with Gasteiger partial charge in [-0.1, -0.05) is 19.6 Å². The summed E-state index contributed by atoms with van der Waals surface area (Å²) < 4.78 is 22.4. The van der Waals surface area contributed by atoms with Crippen LogP contribution in [-0.4, -0.2) is 75.2 Å². The summed E-state index contributed by atoms with van der Waals surface area (Å²) in [6.45, 7) is 10.1. The fraction of sp³-hybridized carbons (Fsp3) is 0.440. The lowest BCUT2D eigenvalue weighted by Crippen LogP contribution is -2.39. The molecule has 0 atom stereocenters. The Bertz CT molecular complexity index is 1200. The Morgan fingerprint density at radius 1 is 1.11 bits per heavy atom. The van der Waals surface area contributed by atoms with E-state index in [9.17, 15) is 4.79 Å². The third-order valence-electron chi connectivity index (χ3n) is 5.37. The minimum Gasteiger partial charge on any atom is -0.479 e. The molecular weight excluding hydrogens is 492 g/mol. The second kappa shape index (κ2) is 12.1. The number of ether oxygens (including phenoxy) is 3. The average molecular weight is 529 g/mol. The smallest absolute Gasteiger partial charge is 0.291 e. The van der Waals surface area contributed by atoms with E-state index in [1.165, 1.54) is 20.3 Å². The van der Waals surface area contributed by atoms with Crippen LogP contribution in [0.15, 0.2) is 28.8 Å². The fourth-order valence-corrected chi connectivity index (χ4v) is 4.32. The highest BCUT2D eigenvalue weighted by Crippen LogP contribution is 2.33. The lowest BCUT2D eigenvalue weighted by molar-refractivity contribution is 0.0990. The number of carbonyl (C=O) groups excluding carboxylic acids is 1. The Labute approximate surface area is 218 Å². The van der Waals surface area contributed by atoms with Gasteiger partial charge in [-0.15, -0.1) is 0 Å². The van der Waals surface area contributed by atoms with Gasteiger partial charge in [-0.2, -0.15) is 9.97 Å². The van der Waals surface area contributed by atoms with Crippen LogP contribution in [0.2, 0.25) is 19.6 Å². The highest BCUT2D eigenvalue weighted by Gasteiger charge is 2.23. The number of methoxy groups -OCH3 is 2. The number of carbonyl (C=O) groups is 1. The number of hydrogen-bond donors (Lipinski definition) is 2. The molecule has 3 aromatic heterocycles. The highest BCUT2D eigenvalue weighted by atomic mass is 28.3. The van der Waals surface area contributed by atoms with Crippen LogP contribution in [-0.2, 0) is 0 Å². The van der Waals surface area contributed by atoms with Crippen LogP contribution in [0.5, 0.6) is 23.5 Å². The third-order valence-corrected chi connectivity index (χ3v) is 7.18. The van der Waals surface area contributed by atoms with E-state index < -0.39 is 14.0 Å². The Hall–Kier alpha value is -3.64. The molecule has 12 heteroatoms. The van der Waals surface area contributed by atoms with Crippen molar-refractivity contribution in [2.75, 3.05) is 52.0 Å². The standard InChI is InChI=1S/C25H36N6O5Si/c1-16-15-27-19(37(6,7)8)14-18(16)36-20-11-10-17(35-20)22(32)28-21-23(33-4)29-25(30-24(21)34-5)26-12-9-13-31(2)3/h10-11,14-15H,9,12-13H2,1-8H3,(H,28,32)(H,26,29,30). The van der Waals surface area contributed by atoms with E-state index in [2.05, 4.69) is 50.1 Å². The van der Waals surface area contributed by atoms with Gasteiger partial charge in [0, 0.05) is 29.7 Å². The molecule has 0 radical (unpaired) electrons. The maximum atomic E-state index is 13.0. The zero-order chi connectivity index (χ0) is 27.2. The van der Waals surface area contributed by atoms with Crippen molar-refractivity contribution in [3.8, 4) is 23.5 Å². The van der Waals surface area contributed by atoms with Crippen LogP contribution in [0.1, 0.15) is 22.5 Å². The number of pyridine rings is 1. The molecule has 1 amide bonds. The third kappa shape index (κ3) is 7.43. The highest BCUT2D eigenvalue weighted by molar-refractivity contribution is 6.88. The van der Waals surface area contributed by atoms with Gasteiger partial charge in [0.1, 0.15) is 13.8 Å². The molecule has 0 saturated heterocycles. The van der Waals surface area contributed by atoms with Gasteiger partial charge in [-0.25, -0.2) is 0 Å². The molecule has 3 aromatic rings. The molecule has 0 spiro atoms. The number of anilines is 2. The normalized spacial score (nSPS) is 11.4. The van der Waals surface area contributed by atoms with Gasteiger partial charge in [0.2, 0.25) is 17.7 Å². The molecule has 11 nitrogen and oxygen atoms in total. The number of nitrogens with zero attached hydrogens (tertiary/aromatic N) is 4. The molecule has 37 heavy (non-hydrogen) atoms. The van der Waals surface area contributed by atoms with Crippen molar-refractivity contribution in [2.24, 2.45) is 0 Å². The second-order valence-corrected chi connectivity index (χ2v) is 14.8.